The Morgan fingerprint density at radius 1 is 1.00 bits per heavy atom. The third-order valence-electron chi connectivity index (χ3n) is 3.74. The van der Waals surface area contributed by atoms with Crippen molar-refractivity contribution in [1.82, 2.24) is 4.31 Å². The standard InChI is InChI=1S/C18H20N2O6S/c1-20(2)27(23,24)14-7-5-6-12(10-14)17(21)19-15-11-13(18(22)26-4)8-9-16(15)25-3/h5-11H,1-4H3,(H,19,21). The van der Waals surface area contributed by atoms with Gasteiger partial charge < -0.3 is 14.8 Å². The third kappa shape index (κ3) is 4.44. The minimum absolute atomic E-state index is 0.00423. The molecular formula is C18H20N2O6S. The molecule has 9 heteroatoms. The second-order valence-electron chi connectivity index (χ2n) is 5.68. The van der Waals surface area contributed by atoms with Gasteiger partial charge in [-0.15, -0.1) is 0 Å². The molecule has 0 saturated heterocycles. The highest BCUT2D eigenvalue weighted by Gasteiger charge is 2.19. The summed E-state index contributed by atoms with van der Waals surface area (Å²) in [6.07, 6.45) is 0. The average Bonchev–Trinajstić information content (AvgIpc) is 2.67. The van der Waals surface area contributed by atoms with Gasteiger partial charge >= 0.3 is 5.97 Å². The topological polar surface area (TPSA) is 102 Å². The van der Waals surface area contributed by atoms with Gasteiger partial charge in [-0.05, 0) is 36.4 Å². The maximum absolute atomic E-state index is 12.6. The van der Waals surface area contributed by atoms with Crippen molar-refractivity contribution < 1.29 is 27.5 Å². The fraction of sp³-hybridized carbons (Fsp3) is 0.222. The summed E-state index contributed by atoms with van der Waals surface area (Å²) in [6.45, 7) is 0. The van der Waals surface area contributed by atoms with Crippen LogP contribution < -0.4 is 10.1 Å². The molecule has 0 fully saturated rings. The van der Waals surface area contributed by atoms with E-state index in [4.69, 9.17) is 4.74 Å². The summed E-state index contributed by atoms with van der Waals surface area (Å²) in [5.41, 5.74) is 0.632. The number of methoxy groups -OCH3 is 2. The summed E-state index contributed by atoms with van der Waals surface area (Å²) >= 11 is 0. The van der Waals surface area contributed by atoms with E-state index < -0.39 is 21.9 Å². The van der Waals surface area contributed by atoms with E-state index in [-0.39, 0.29) is 21.7 Å². The lowest BCUT2D eigenvalue weighted by Gasteiger charge is -2.13. The Morgan fingerprint density at radius 3 is 2.30 bits per heavy atom. The highest BCUT2D eigenvalue weighted by molar-refractivity contribution is 7.89. The summed E-state index contributed by atoms with van der Waals surface area (Å²) in [5, 5.41) is 2.62. The molecule has 1 N–H and O–H groups in total. The number of sulfonamides is 1. The van der Waals surface area contributed by atoms with Crippen LogP contribution in [0.5, 0.6) is 5.75 Å². The van der Waals surface area contributed by atoms with Crippen LogP contribution in [0.4, 0.5) is 5.69 Å². The van der Waals surface area contributed by atoms with E-state index in [1.54, 1.807) is 0 Å². The number of nitrogens with zero attached hydrogens (tertiary/aromatic N) is 1. The lowest BCUT2D eigenvalue weighted by Crippen LogP contribution is -2.22. The second kappa shape index (κ2) is 8.19. The second-order valence-corrected chi connectivity index (χ2v) is 7.83. The van der Waals surface area contributed by atoms with Crippen LogP contribution in [0, 0.1) is 0 Å². The summed E-state index contributed by atoms with van der Waals surface area (Å²) in [4.78, 5) is 24.3. The molecular weight excluding hydrogens is 372 g/mol. The number of ether oxygens (including phenoxy) is 2. The molecule has 0 saturated carbocycles. The zero-order chi connectivity index (χ0) is 20.2. The summed E-state index contributed by atoms with van der Waals surface area (Å²) < 4.78 is 35.4. The lowest BCUT2D eigenvalue weighted by atomic mass is 10.1. The number of carbonyl (C=O) groups is 2. The molecule has 0 heterocycles. The smallest absolute Gasteiger partial charge is 0.337 e. The number of esters is 1. The fourth-order valence-electron chi connectivity index (χ4n) is 2.25. The molecule has 0 aliphatic heterocycles. The van der Waals surface area contributed by atoms with E-state index in [0.29, 0.717) is 5.75 Å². The van der Waals surface area contributed by atoms with E-state index in [0.717, 1.165) is 4.31 Å². The highest BCUT2D eigenvalue weighted by Crippen LogP contribution is 2.27. The van der Waals surface area contributed by atoms with Crippen molar-refractivity contribution in [3.63, 3.8) is 0 Å². The predicted molar refractivity (Wildman–Crippen MR) is 99.6 cm³/mol. The Morgan fingerprint density at radius 2 is 1.70 bits per heavy atom. The van der Waals surface area contributed by atoms with Crippen LogP contribution in [0.25, 0.3) is 0 Å². The number of carbonyl (C=O) groups excluding carboxylic acids is 2. The third-order valence-corrected chi connectivity index (χ3v) is 5.55. The Bertz CT molecular complexity index is 970. The fourth-order valence-corrected chi connectivity index (χ4v) is 3.20. The Balaban J connectivity index is 2.37. The average molecular weight is 392 g/mol. The van der Waals surface area contributed by atoms with Crippen molar-refractivity contribution in [2.75, 3.05) is 33.6 Å². The molecule has 0 atom stereocenters. The van der Waals surface area contributed by atoms with Crippen molar-refractivity contribution in [1.29, 1.82) is 0 Å². The van der Waals surface area contributed by atoms with E-state index >= 15 is 0 Å². The number of hydrogen-bond acceptors (Lipinski definition) is 6. The molecule has 2 aromatic rings. The number of nitrogens with one attached hydrogen (secondary N) is 1. The van der Waals surface area contributed by atoms with Gasteiger partial charge in [-0.25, -0.2) is 17.5 Å². The highest BCUT2D eigenvalue weighted by atomic mass is 32.2. The zero-order valence-electron chi connectivity index (χ0n) is 15.3. The van der Waals surface area contributed by atoms with Gasteiger partial charge in [0.25, 0.3) is 5.91 Å². The van der Waals surface area contributed by atoms with Crippen molar-refractivity contribution >= 4 is 27.6 Å². The van der Waals surface area contributed by atoms with Crippen LogP contribution in [0.2, 0.25) is 0 Å². The van der Waals surface area contributed by atoms with E-state index in [9.17, 15) is 18.0 Å². The van der Waals surface area contributed by atoms with Gasteiger partial charge in [0.2, 0.25) is 10.0 Å². The Labute approximate surface area is 157 Å². The number of anilines is 1. The van der Waals surface area contributed by atoms with Gasteiger partial charge in [0, 0.05) is 19.7 Å². The van der Waals surface area contributed by atoms with Crippen LogP contribution in [0.3, 0.4) is 0 Å². The molecule has 0 aliphatic rings. The van der Waals surface area contributed by atoms with Gasteiger partial charge in [-0.1, -0.05) is 6.07 Å². The minimum atomic E-state index is -3.67. The summed E-state index contributed by atoms with van der Waals surface area (Å²) in [5.74, 6) is -0.772. The molecule has 0 aliphatic carbocycles. The molecule has 144 valence electrons. The molecule has 1 amide bonds. The van der Waals surface area contributed by atoms with Crippen LogP contribution in [-0.2, 0) is 14.8 Å². The van der Waals surface area contributed by atoms with Gasteiger partial charge in [0.05, 0.1) is 30.4 Å². The normalized spacial score (nSPS) is 11.1. The number of rotatable bonds is 6. The summed E-state index contributed by atoms with van der Waals surface area (Å²) in [6, 6.07) is 10.1. The molecule has 0 radical (unpaired) electrons. The van der Waals surface area contributed by atoms with Crippen molar-refractivity contribution in [2.24, 2.45) is 0 Å². The number of amides is 1. The maximum atomic E-state index is 12.6. The first-order chi connectivity index (χ1) is 12.7. The minimum Gasteiger partial charge on any atom is -0.495 e. The number of hydrogen-bond donors (Lipinski definition) is 1. The quantitative estimate of drug-likeness (QED) is 0.755. The molecule has 27 heavy (non-hydrogen) atoms. The monoisotopic (exact) mass is 392 g/mol. The van der Waals surface area contributed by atoms with Crippen molar-refractivity contribution in [3.05, 3.63) is 53.6 Å². The lowest BCUT2D eigenvalue weighted by molar-refractivity contribution is 0.0600. The molecule has 0 bridgehead atoms. The molecule has 2 rings (SSSR count). The largest absolute Gasteiger partial charge is 0.495 e. The maximum Gasteiger partial charge on any atom is 0.337 e. The Hall–Kier alpha value is -2.91. The van der Waals surface area contributed by atoms with Gasteiger partial charge in [0.15, 0.2) is 0 Å². The van der Waals surface area contributed by atoms with Crippen LogP contribution >= 0.6 is 0 Å². The van der Waals surface area contributed by atoms with Gasteiger partial charge in [-0.3, -0.25) is 4.79 Å². The van der Waals surface area contributed by atoms with Crippen molar-refractivity contribution in [2.45, 2.75) is 4.90 Å². The predicted octanol–water partition coefficient (Wildman–Crippen LogP) is 1.98. The molecule has 2 aromatic carbocycles. The first-order valence-electron chi connectivity index (χ1n) is 7.81. The molecule has 8 nitrogen and oxygen atoms in total. The molecule has 0 spiro atoms. The van der Waals surface area contributed by atoms with Crippen LogP contribution in [-0.4, -0.2) is 52.9 Å². The first-order valence-corrected chi connectivity index (χ1v) is 9.25. The van der Waals surface area contributed by atoms with Gasteiger partial charge in [0.1, 0.15) is 5.75 Å². The molecule has 0 aromatic heterocycles. The van der Waals surface area contributed by atoms with Crippen LogP contribution in [0.15, 0.2) is 47.4 Å². The molecule has 0 unspecified atom stereocenters. The first kappa shape index (κ1) is 20.4. The van der Waals surface area contributed by atoms with E-state index in [1.165, 1.54) is 70.8 Å². The van der Waals surface area contributed by atoms with Crippen LogP contribution in [0.1, 0.15) is 20.7 Å². The van der Waals surface area contributed by atoms with E-state index in [1.807, 2.05) is 0 Å². The Kier molecular flexibility index (Phi) is 6.19. The SMILES string of the molecule is COC(=O)c1ccc(OC)c(NC(=O)c2cccc(S(=O)(=O)N(C)C)c2)c1. The number of benzene rings is 2. The van der Waals surface area contributed by atoms with Gasteiger partial charge in [-0.2, -0.15) is 0 Å². The zero-order valence-corrected chi connectivity index (χ0v) is 16.2. The van der Waals surface area contributed by atoms with E-state index in [2.05, 4.69) is 10.1 Å². The summed E-state index contributed by atoms with van der Waals surface area (Å²) in [7, 11) is 1.82. The van der Waals surface area contributed by atoms with Crippen molar-refractivity contribution in [3.8, 4) is 5.75 Å².